The number of hydrogen-bond acceptors (Lipinski definition) is 0. The molecule has 52 heavy (non-hydrogen) atoms. The lowest BCUT2D eigenvalue weighted by atomic mass is 9.98. The van der Waals surface area contributed by atoms with E-state index in [1.807, 2.05) is 0 Å². The monoisotopic (exact) mass is 666 g/mol. The van der Waals surface area contributed by atoms with Gasteiger partial charge in [-0.2, -0.15) is 0 Å². The summed E-state index contributed by atoms with van der Waals surface area (Å²) in [6.07, 6.45) is 0.0797. The Morgan fingerprint density at radius 2 is 0.750 bits per heavy atom. The maximum Gasteiger partial charge on any atom is 0.129 e. The van der Waals surface area contributed by atoms with Crippen molar-refractivity contribution >= 4 is 60.1 Å². The van der Waals surface area contributed by atoms with Crippen molar-refractivity contribution in [2.24, 2.45) is 0 Å². The van der Waals surface area contributed by atoms with Crippen LogP contribution in [0, 0.1) is 0 Å². The fourth-order valence-corrected chi connectivity index (χ4v) is 8.80. The summed E-state index contributed by atoms with van der Waals surface area (Å²) in [5.74, 6) is 0. The molecular formula is C48H34N4. The van der Waals surface area contributed by atoms with Crippen molar-refractivity contribution in [3.63, 3.8) is 0 Å². The first kappa shape index (κ1) is 29.3. The largest absolute Gasteiger partial charge is 0.548 e. The van der Waals surface area contributed by atoms with Crippen LogP contribution < -0.4 is 4.90 Å². The van der Waals surface area contributed by atoms with Gasteiger partial charge in [-0.3, -0.25) is 0 Å². The minimum absolute atomic E-state index is 0.0399. The third-order valence-electron chi connectivity index (χ3n) is 11.0. The standard InChI is InChI=1S/C48H33N4/c1-4-16-32(17-5-1)47-49-48(33-18-6-2-7-19-33)52(47)36-30-28-35(29-31-36)51-42-27-15-13-25-40(42)44-38-23-11-10-22-37(38)43-39-24-12-14-26-41(39)50(45(43)46(44)51)34-20-8-3-9-21-34/h1-31,47-48H/q-1/p+1. The molecule has 0 radical (unpaired) electrons. The van der Waals surface area contributed by atoms with Crippen LogP contribution in [0.25, 0.3) is 71.1 Å². The van der Waals surface area contributed by atoms with Gasteiger partial charge in [-0.1, -0.05) is 140 Å². The third-order valence-corrected chi connectivity index (χ3v) is 11.0. The van der Waals surface area contributed by atoms with Gasteiger partial charge in [0.05, 0.1) is 22.1 Å². The third kappa shape index (κ3) is 4.23. The van der Waals surface area contributed by atoms with E-state index in [0.29, 0.717) is 0 Å². The van der Waals surface area contributed by atoms with Crippen molar-refractivity contribution in [1.82, 2.24) is 9.13 Å². The minimum atomic E-state index is 0.0399. The Morgan fingerprint density at radius 3 is 1.23 bits per heavy atom. The quantitative estimate of drug-likeness (QED) is 0.189. The van der Waals surface area contributed by atoms with Gasteiger partial charge in [0.1, 0.15) is 5.69 Å². The van der Waals surface area contributed by atoms with Gasteiger partial charge in [-0.25, -0.2) is 0 Å². The normalized spacial score (nSPS) is 17.3. The number of aromatic nitrogens is 2. The second-order valence-electron chi connectivity index (χ2n) is 13.8. The first-order valence-electron chi connectivity index (χ1n) is 18.0. The zero-order chi connectivity index (χ0) is 34.2. The van der Waals surface area contributed by atoms with E-state index in [2.05, 4.69) is 197 Å². The van der Waals surface area contributed by atoms with Gasteiger partial charge in [-0.15, -0.1) is 0 Å². The molecule has 0 bridgehead atoms. The summed E-state index contributed by atoms with van der Waals surface area (Å²) in [5, 5.41) is 12.9. The lowest BCUT2D eigenvalue weighted by Gasteiger charge is -2.58. The van der Waals surface area contributed by atoms with Crippen LogP contribution in [0.1, 0.15) is 23.5 Å². The molecule has 0 aliphatic carbocycles. The van der Waals surface area contributed by atoms with Crippen LogP contribution >= 0.6 is 0 Å². The van der Waals surface area contributed by atoms with E-state index in [9.17, 15) is 0 Å². The Balaban J connectivity index is 1.19. The van der Waals surface area contributed by atoms with Crippen LogP contribution in [0.4, 0.5) is 5.69 Å². The van der Waals surface area contributed by atoms with Gasteiger partial charge < -0.3 is 19.4 Å². The molecule has 1 aliphatic rings. The SMILES string of the molecule is c1ccc(C2[N-]C(c3ccccc3)[NH+]2c2ccc(-n3c4ccccc4c4c5ccccc5c5c6ccccc6n(-c6ccccc6)c5c43)cc2)cc1. The predicted molar refractivity (Wildman–Crippen MR) is 215 cm³/mol. The molecule has 1 N–H and O–H groups in total. The van der Waals surface area contributed by atoms with Gasteiger partial charge in [0, 0.05) is 57.4 Å². The zero-order valence-electron chi connectivity index (χ0n) is 28.4. The number of benzene rings is 8. The maximum atomic E-state index is 5.25. The Labute approximate surface area is 301 Å². The molecule has 1 aliphatic heterocycles. The molecule has 3 heterocycles. The molecule has 1 fully saturated rings. The summed E-state index contributed by atoms with van der Waals surface area (Å²) >= 11 is 0. The predicted octanol–water partition coefficient (Wildman–Crippen LogP) is 11.3. The second-order valence-corrected chi connectivity index (χ2v) is 13.8. The molecule has 0 spiro atoms. The summed E-state index contributed by atoms with van der Waals surface area (Å²) < 4.78 is 4.98. The highest BCUT2D eigenvalue weighted by Crippen LogP contribution is 2.47. The van der Waals surface area contributed by atoms with E-state index in [1.165, 1.54) is 76.1 Å². The van der Waals surface area contributed by atoms with Gasteiger partial charge >= 0.3 is 0 Å². The number of hydrogen-bond donors (Lipinski definition) is 1. The molecule has 246 valence electrons. The summed E-state index contributed by atoms with van der Waals surface area (Å²) in [6.45, 7) is 0. The van der Waals surface area contributed by atoms with Crippen molar-refractivity contribution in [3.8, 4) is 11.4 Å². The van der Waals surface area contributed by atoms with E-state index >= 15 is 0 Å². The molecule has 4 nitrogen and oxygen atoms in total. The summed E-state index contributed by atoms with van der Waals surface area (Å²) in [4.78, 5) is 1.35. The zero-order valence-corrected chi connectivity index (χ0v) is 28.4. The highest BCUT2D eigenvalue weighted by atomic mass is 15.5. The summed E-state index contributed by atoms with van der Waals surface area (Å²) in [5.41, 5.74) is 10.8. The number of nitrogens with one attached hydrogen (secondary N) is 1. The number of quaternary nitrogens is 1. The van der Waals surface area contributed by atoms with Crippen molar-refractivity contribution in [2.75, 3.05) is 0 Å². The Kier molecular flexibility index (Phi) is 6.50. The summed E-state index contributed by atoms with van der Waals surface area (Å²) in [7, 11) is 0. The van der Waals surface area contributed by atoms with Crippen molar-refractivity contribution in [2.45, 2.75) is 12.3 Å². The molecule has 2 unspecified atom stereocenters. The van der Waals surface area contributed by atoms with E-state index < -0.39 is 0 Å². The highest BCUT2D eigenvalue weighted by Gasteiger charge is 2.35. The number of fused-ring (bicyclic) bond motifs is 10. The number of rotatable bonds is 5. The van der Waals surface area contributed by atoms with Crippen LogP contribution in [0.2, 0.25) is 0 Å². The van der Waals surface area contributed by atoms with Gasteiger partial charge in [0.15, 0.2) is 0 Å². The molecular weight excluding hydrogens is 633 g/mol. The first-order chi connectivity index (χ1) is 25.8. The van der Waals surface area contributed by atoms with Crippen LogP contribution in [0.5, 0.6) is 0 Å². The molecule has 10 aromatic rings. The van der Waals surface area contributed by atoms with Gasteiger partial charge in [0.25, 0.3) is 0 Å². The maximum absolute atomic E-state index is 5.25. The highest BCUT2D eigenvalue weighted by molar-refractivity contribution is 6.36. The minimum Gasteiger partial charge on any atom is -0.548 e. The molecule has 0 saturated carbocycles. The van der Waals surface area contributed by atoms with Crippen molar-refractivity contribution in [1.29, 1.82) is 0 Å². The molecule has 2 aromatic heterocycles. The molecule has 1 saturated heterocycles. The van der Waals surface area contributed by atoms with Crippen LogP contribution in [0.15, 0.2) is 188 Å². The van der Waals surface area contributed by atoms with Gasteiger partial charge in [0.2, 0.25) is 0 Å². The van der Waals surface area contributed by atoms with E-state index in [-0.39, 0.29) is 12.3 Å². The second kappa shape index (κ2) is 11.5. The molecule has 8 aromatic carbocycles. The topological polar surface area (TPSA) is 28.4 Å². The van der Waals surface area contributed by atoms with E-state index in [4.69, 9.17) is 5.32 Å². The van der Waals surface area contributed by atoms with Crippen LogP contribution in [-0.2, 0) is 0 Å². The average molecular weight is 667 g/mol. The van der Waals surface area contributed by atoms with E-state index in [1.54, 1.807) is 0 Å². The van der Waals surface area contributed by atoms with Gasteiger partial charge in [-0.05, 0) is 58.3 Å². The molecule has 0 amide bonds. The Morgan fingerprint density at radius 1 is 0.365 bits per heavy atom. The Bertz CT molecular complexity index is 2880. The van der Waals surface area contributed by atoms with Crippen molar-refractivity contribution in [3.05, 3.63) is 205 Å². The lowest BCUT2D eigenvalue weighted by Crippen LogP contribution is -3.13. The summed E-state index contributed by atoms with van der Waals surface area (Å²) in [6, 6.07) is 68.2. The lowest BCUT2D eigenvalue weighted by molar-refractivity contribution is -0.927. The fraction of sp³-hybridized carbons (Fsp3) is 0.0417. The fourth-order valence-electron chi connectivity index (χ4n) is 8.80. The number of nitrogens with zero attached hydrogens (tertiary/aromatic N) is 3. The number of para-hydroxylation sites is 3. The molecule has 4 heteroatoms. The van der Waals surface area contributed by atoms with Crippen molar-refractivity contribution < 1.29 is 4.90 Å². The van der Waals surface area contributed by atoms with Crippen LogP contribution in [-0.4, -0.2) is 9.13 Å². The Hall–Kier alpha value is -6.46. The smallest absolute Gasteiger partial charge is 0.129 e. The van der Waals surface area contributed by atoms with E-state index in [0.717, 1.165) is 11.4 Å². The first-order valence-corrected chi connectivity index (χ1v) is 18.0. The van der Waals surface area contributed by atoms with Crippen LogP contribution in [0.3, 0.4) is 0 Å². The average Bonchev–Trinajstić information content (AvgIpc) is 3.73. The molecule has 2 atom stereocenters. The molecule has 11 rings (SSSR count).